The molecule has 4 aromatic rings. The number of hydrogen-bond donors (Lipinski definition) is 4. The van der Waals surface area contributed by atoms with Crippen LogP contribution >= 0.6 is 0 Å². The van der Waals surface area contributed by atoms with E-state index in [9.17, 15) is 14.0 Å². The van der Waals surface area contributed by atoms with Crippen LogP contribution in [0.1, 0.15) is 28.8 Å². The normalized spacial score (nSPS) is 11.6. The van der Waals surface area contributed by atoms with Crippen molar-refractivity contribution >= 4 is 34.5 Å². The molecule has 0 saturated carbocycles. The van der Waals surface area contributed by atoms with Crippen molar-refractivity contribution in [1.82, 2.24) is 35.6 Å². The standard InChI is InChI=1S/C25H26FN9O2/c1-14(16-5-4-6-17-22(24(37)28-3)18(26)11-30-23(16)17)8-29-20-7-19(34-13-35-20)15-9-31-25(32-10-15)33-12-21(36)27-2/h4-7,9-11,13-14H,8,12H2,1-3H3,(H,27,36)(H,28,37)(H,29,34,35)(H,31,32,33). The van der Waals surface area contributed by atoms with Crippen molar-refractivity contribution < 1.29 is 14.0 Å². The number of para-hydroxylation sites is 1. The highest BCUT2D eigenvalue weighted by Crippen LogP contribution is 2.28. The number of nitrogens with zero attached hydrogens (tertiary/aromatic N) is 5. The van der Waals surface area contributed by atoms with E-state index < -0.39 is 11.7 Å². The van der Waals surface area contributed by atoms with Crippen molar-refractivity contribution in [2.24, 2.45) is 0 Å². The van der Waals surface area contributed by atoms with Crippen LogP contribution in [0.2, 0.25) is 0 Å². The molecule has 0 fully saturated rings. The molecule has 1 atom stereocenters. The first-order chi connectivity index (χ1) is 17.9. The predicted octanol–water partition coefficient (Wildman–Crippen LogP) is 2.35. The minimum atomic E-state index is -0.664. The van der Waals surface area contributed by atoms with Crippen molar-refractivity contribution in [2.45, 2.75) is 12.8 Å². The average Bonchev–Trinajstić information content (AvgIpc) is 2.94. The van der Waals surface area contributed by atoms with Gasteiger partial charge in [-0.15, -0.1) is 0 Å². The van der Waals surface area contributed by atoms with Crippen LogP contribution in [0, 0.1) is 5.82 Å². The lowest BCUT2D eigenvalue weighted by Crippen LogP contribution is -2.26. The highest BCUT2D eigenvalue weighted by Gasteiger charge is 2.19. The maximum absolute atomic E-state index is 14.4. The van der Waals surface area contributed by atoms with Gasteiger partial charge in [0.05, 0.1) is 29.5 Å². The topological polar surface area (TPSA) is 147 Å². The molecule has 37 heavy (non-hydrogen) atoms. The number of carbonyl (C=O) groups is 2. The van der Waals surface area contributed by atoms with Crippen LogP contribution in [0.15, 0.2) is 49.2 Å². The van der Waals surface area contributed by atoms with E-state index in [-0.39, 0.29) is 23.9 Å². The molecule has 1 aromatic carbocycles. The van der Waals surface area contributed by atoms with Gasteiger partial charge in [0.2, 0.25) is 11.9 Å². The van der Waals surface area contributed by atoms with E-state index >= 15 is 0 Å². The van der Waals surface area contributed by atoms with Gasteiger partial charge in [-0.2, -0.15) is 0 Å². The summed E-state index contributed by atoms with van der Waals surface area (Å²) in [5.41, 5.74) is 2.73. The molecular weight excluding hydrogens is 477 g/mol. The Bertz CT molecular complexity index is 1430. The second kappa shape index (κ2) is 11.3. The molecule has 0 aliphatic rings. The van der Waals surface area contributed by atoms with Gasteiger partial charge in [0.15, 0.2) is 5.82 Å². The first-order valence-electron chi connectivity index (χ1n) is 11.5. The summed E-state index contributed by atoms with van der Waals surface area (Å²) in [5, 5.41) is 11.6. The van der Waals surface area contributed by atoms with Crippen LogP contribution in [0.4, 0.5) is 16.2 Å². The van der Waals surface area contributed by atoms with Crippen LogP contribution in [-0.4, -0.2) is 63.9 Å². The average molecular weight is 504 g/mol. The van der Waals surface area contributed by atoms with Gasteiger partial charge >= 0.3 is 0 Å². The summed E-state index contributed by atoms with van der Waals surface area (Å²) < 4.78 is 14.4. The Balaban J connectivity index is 1.48. The number of pyridine rings is 1. The fourth-order valence-corrected chi connectivity index (χ4v) is 3.75. The van der Waals surface area contributed by atoms with Gasteiger partial charge in [-0.3, -0.25) is 14.6 Å². The van der Waals surface area contributed by atoms with Crippen molar-refractivity contribution in [2.75, 3.05) is 37.8 Å². The SMILES string of the molecule is CNC(=O)CNc1ncc(-c2cc(NCC(C)c3cccc4c(C(=O)NC)c(F)cnc34)ncn2)cn1. The second-order valence-electron chi connectivity index (χ2n) is 8.20. The van der Waals surface area contributed by atoms with Gasteiger partial charge in [-0.1, -0.05) is 25.1 Å². The molecule has 0 bridgehead atoms. The van der Waals surface area contributed by atoms with E-state index in [1.165, 1.54) is 13.4 Å². The zero-order valence-electron chi connectivity index (χ0n) is 20.5. The lowest BCUT2D eigenvalue weighted by Gasteiger charge is -2.17. The number of halogens is 1. The lowest BCUT2D eigenvalue weighted by atomic mass is 9.96. The summed E-state index contributed by atoms with van der Waals surface area (Å²) in [6.07, 6.45) is 5.74. The quantitative estimate of drug-likeness (QED) is 0.270. The molecule has 190 valence electrons. The van der Waals surface area contributed by atoms with Gasteiger partial charge in [0, 0.05) is 56.0 Å². The number of nitrogens with one attached hydrogen (secondary N) is 4. The van der Waals surface area contributed by atoms with E-state index in [1.54, 1.807) is 37.6 Å². The molecule has 0 saturated heterocycles. The minimum absolute atomic E-state index is 0.0213. The molecule has 3 aromatic heterocycles. The predicted molar refractivity (Wildman–Crippen MR) is 138 cm³/mol. The van der Waals surface area contributed by atoms with Crippen molar-refractivity contribution in [3.05, 3.63) is 66.1 Å². The number of rotatable bonds is 9. The molecule has 4 rings (SSSR count). The monoisotopic (exact) mass is 503 g/mol. The molecule has 11 nitrogen and oxygen atoms in total. The van der Waals surface area contributed by atoms with E-state index in [1.807, 2.05) is 13.0 Å². The van der Waals surface area contributed by atoms with Gasteiger partial charge in [-0.25, -0.2) is 24.3 Å². The largest absolute Gasteiger partial charge is 0.369 e. The van der Waals surface area contributed by atoms with Crippen LogP contribution in [0.5, 0.6) is 0 Å². The van der Waals surface area contributed by atoms with Crippen LogP contribution in [0.25, 0.3) is 22.2 Å². The molecule has 1 unspecified atom stereocenters. The number of fused-ring (bicyclic) bond motifs is 1. The van der Waals surface area contributed by atoms with E-state index in [0.717, 1.165) is 11.8 Å². The highest BCUT2D eigenvalue weighted by atomic mass is 19.1. The second-order valence-corrected chi connectivity index (χ2v) is 8.20. The van der Waals surface area contributed by atoms with Gasteiger partial charge in [0.1, 0.15) is 12.1 Å². The van der Waals surface area contributed by atoms with Crippen molar-refractivity contribution in [3.63, 3.8) is 0 Å². The third-order valence-electron chi connectivity index (χ3n) is 5.76. The summed E-state index contributed by atoms with van der Waals surface area (Å²) in [7, 11) is 3.02. The van der Waals surface area contributed by atoms with E-state index in [2.05, 4.69) is 46.2 Å². The van der Waals surface area contributed by atoms with E-state index in [4.69, 9.17) is 0 Å². The fraction of sp³-hybridized carbons (Fsp3) is 0.240. The maximum atomic E-state index is 14.4. The first-order valence-corrected chi connectivity index (χ1v) is 11.5. The Kier molecular flexibility index (Phi) is 7.77. The fourth-order valence-electron chi connectivity index (χ4n) is 3.75. The van der Waals surface area contributed by atoms with Gasteiger partial charge in [-0.05, 0) is 5.56 Å². The van der Waals surface area contributed by atoms with Crippen molar-refractivity contribution in [1.29, 1.82) is 0 Å². The van der Waals surface area contributed by atoms with Crippen LogP contribution in [0.3, 0.4) is 0 Å². The number of likely N-dealkylation sites (N-methyl/N-ethyl adjacent to an activating group) is 1. The molecule has 2 amide bonds. The van der Waals surface area contributed by atoms with Crippen molar-refractivity contribution in [3.8, 4) is 11.3 Å². The molecule has 0 spiro atoms. The van der Waals surface area contributed by atoms with Gasteiger partial charge < -0.3 is 21.3 Å². The Labute approximate surface area is 212 Å². The zero-order chi connectivity index (χ0) is 26.4. The third kappa shape index (κ3) is 5.74. The number of benzene rings is 1. The number of anilines is 2. The minimum Gasteiger partial charge on any atom is -0.369 e. The van der Waals surface area contributed by atoms with Crippen LogP contribution < -0.4 is 21.3 Å². The summed E-state index contributed by atoms with van der Waals surface area (Å²) in [6.45, 7) is 2.58. The molecule has 3 heterocycles. The Morgan fingerprint density at radius 1 is 0.973 bits per heavy atom. The van der Waals surface area contributed by atoms with Gasteiger partial charge in [0.25, 0.3) is 5.91 Å². The number of amides is 2. The summed E-state index contributed by atoms with van der Waals surface area (Å²) in [4.78, 5) is 44.9. The Morgan fingerprint density at radius 2 is 1.76 bits per heavy atom. The maximum Gasteiger partial charge on any atom is 0.254 e. The van der Waals surface area contributed by atoms with Crippen LogP contribution in [-0.2, 0) is 4.79 Å². The lowest BCUT2D eigenvalue weighted by molar-refractivity contribution is -0.118. The molecule has 4 N–H and O–H groups in total. The molecule has 0 aliphatic carbocycles. The number of carbonyl (C=O) groups excluding carboxylic acids is 2. The first kappa shape index (κ1) is 25.4. The summed E-state index contributed by atoms with van der Waals surface area (Å²) >= 11 is 0. The third-order valence-corrected chi connectivity index (χ3v) is 5.76. The zero-order valence-corrected chi connectivity index (χ0v) is 20.5. The number of hydrogen-bond acceptors (Lipinski definition) is 9. The molecular formula is C25H26FN9O2. The Hall–Kier alpha value is -4.74. The highest BCUT2D eigenvalue weighted by molar-refractivity contribution is 6.06. The number of aromatic nitrogens is 5. The molecule has 12 heteroatoms. The molecule has 0 radical (unpaired) electrons. The molecule has 0 aliphatic heterocycles. The van der Waals surface area contributed by atoms with E-state index in [0.29, 0.717) is 40.5 Å². The summed E-state index contributed by atoms with van der Waals surface area (Å²) in [6, 6.07) is 7.18. The summed E-state index contributed by atoms with van der Waals surface area (Å²) in [5.74, 6) is -0.442. The Morgan fingerprint density at radius 3 is 2.49 bits per heavy atom. The smallest absolute Gasteiger partial charge is 0.254 e.